The fourth-order valence-electron chi connectivity index (χ4n) is 0.983. The van der Waals surface area contributed by atoms with Crippen LogP contribution in [0.2, 0.25) is 0 Å². The summed E-state index contributed by atoms with van der Waals surface area (Å²) in [6.07, 6.45) is 0.816. The standard InChI is InChI=1S/C6H11NO3/c7-6(9)10-5-3-4(5)1-2-8/h4-5,8H,1-3H2,(H2,7,9). The van der Waals surface area contributed by atoms with Gasteiger partial charge in [-0.3, -0.25) is 0 Å². The number of hydrogen-bond acceptors (Lipinski definition) is 3. The first-order valence-corrected chi connectivity index (χ1v) is 3.31. The van der Waals surface area contributed by atoms with Gasteiger partial charge in [-0.15, -0.1) is 0 Å². The molecule has 1 amide bonds. The van der Waals surface area contributed by atoms with E-state index in [1.807, 2.05) is 0 Å². The zero-order valence-corrected chi connectivity index (χ0v) is 5.62. The van der Waals surface area contributed by atoms with Crippen LogP contribution in [0.15, 0.2) is 0 Å². The van der Waals surface area contributed by atoms with Crippen LogP contribution in [0.1, 0.15) is 12.8 Å². The number of aliphatic hydroxyl groups excluding tert-OH is 1. The molecule has 1 saturated carbocycles. The van der Waals surface area contributed by atoms with Crippen LogP contribution in [-0.4, -0.2) is 23.9 Å². The van der Waals surface area contributed by atoms with E-state index < -0.39 is 6.09 Å². The zero-order chi connectivity index (χ0) is 7.56. The second-order valence-electron chi connectivity index (χ2n) is 2.48. The largest absolute Gasteiger partial charge is 0.446 e. The first-order valence-electron chi connectivity index (χ1n) is 3.31. The third-order valence-electron chi connectivity index (χ3n) is 1.63. The van der Waals surface area contributed by atoms with Crippen LogP contribution < -0.4 is 5.73 Å². The van der Waals surface area contributed by atoms with Crippen molar-refractivity contribution in [2.75, 3.05) is 6.61 Å². The van der Waals surface area contributed by atoms with E-state index in [0.29, 0.717) is 12.3 Å². The van der Waals surface area contributed by atoms with Crippen LogP contribution in [0, 0.1) is 5.92 Å². The van der Waals surface area contributed by atoms with Gasteiger partial charge in [-0.2, -0.15) is 0 Å². The van der Waals surface area contributed by atoms with Crippen molar-refractivity contribution in [3.63, 3.8) is 0 Å². The number of nitrogens with two attached hydrogens (primary N) is 1. The van der Waals surface area contributed by atoms with E-state index in [2.05, 4.69) is 4.74 Å². The Labute approximate surface area is 59.0 Å². The summed E-state index contributed by atoms with van der Waals surface area (Å²) in [5, 5.41) is 8.46. The van der Waals surface area contributed by atoms with E-state index in [-0.39, 0.29) is 12.7 Å². The third-order valence-corrected chi connectivity index (χ3v) is 1.63. The topological polar surface area (TPSA) is 72.6 Å². The molecule has 0 heterocycles. The molecule has 1 aliphatic rings. The predicted molar refractivity (Wildman–Crippen MR) is 34.3 cm³/mol. The Balaban J connectivity index is 2.07. The number of carbonyl (C=O) groups is 1. The normalized spacial score (nSPS) is 29.7. The molecular formula is C6H11NO3. The average molecular weight is 145 g/mol. The van der Waals surface area contributed by atoms with Gasteiger partial charge in [0.15, 0.2) is 0 Å². The van der Waals surface area contributed by atoms with Gasteiger partial charge in [0.05, 0.1) is 0 Å². The lowest BCUT2D eigenvalue weighted by molar-refractivity contribution is 0.140. The molecule has 0 aromatic heterocycles. The number of amides is 1. The van der Waals surface area contributed by atoms with Crippen molar-refractivity contribution < 1.29 is 14.6 Å². The molecule has 0 aromatic rings. The van der Waals surface area contributed by atoms with E-state index in [9.17, 15) is 4.79 Å². The van der Waals surface area contributed by atoms with Crippen molar-refractivity contribution in [2.24, 2.45) is 11.7 Å². The third kappa shape index (κ3) is 1.88. The molecule has 1 aliphatic carbocycles. The highest BCUT2D eigenvalue weighted by Crippen LogP contribution is 2.36. The molecule has 0 radical (unpaired) electrons. The van der Waals surface area contributed by atoms with E-state index in [4.69, 9.17) is 10.8 Å². The molecule has 58 valence electrons. The number of hydrogen-bond donors (Lipinski definition) is 2. The molecule has 0 aromatic carbocycles. The smallest absolute Gasteiger partial charge is 0.404 e. The van der Waals surface area contributed by atoms with Crippen molar-refractivity contribution in [2.45, 2.75) is 18.9 Å². The van der Waals surface area contributed by atoms with Crippen molar-refractivity contribution >= 4 is 6.09 Å². The summed E-state index contributed by atoms with van der Waals surface area (Å²) in [5.41, 5.74) is 4.77. The maximum atomic E-state index is 10.1. The van der Waals surface area contributed by atoms with Gasteiger partial charge in [-0.1, -0.05) is 0 Å². The highest BCUT2D eigenvalue weighted by atomic mass is 16.6. The molecule has 2 atom stereocenters. The lowest BCUT2D eigenvalue weighted by Crippen LogP contribution is -2.15. The minimum atomic E-state index is -0.717. The van der Waals surface area contributed by atoms with Crippen molar-refractivity contribution in [1.82, 2.24) is 0 Å². The molecule has 1 rings (SSSR count). The van der Waals surface area contributed by atoms with Crippen LogP contribution in [0.4, 0.5) is 4.79 Å². The summed E-state index contributed by atoms with van der Waals surface area (Å²) >= 11 is 0. The quantitative estimate of drug-likeness (QED) is 0.580. The molecule has 2 unspecified atom stereocenters. The molecule has 0 aliphatic heterocycles. The highest BCUT2D eigenvalue weighted by Gasteiger charge is 2.39. The monoisotopic (exact) mass is 145 g/mol. The molecule has 4 heteroatoms. The molecule has 4 nitrogen and oxygen atoms in total. The maximum absolute atomic E-state index is 10.1. The Morgan fingerprint density at radius 3 is 3.00 bits per heavy atom. The van der Waals surface area contributed by atoms with Gasteiger partial charge in [-0.25, -0.2) is 4.79 Å². The summed E-state index contributed by atoms with van der Waals surface area (Å²) in [5.74, 6) is 0.345. The van der Waals surface area contributed by atoms with Gasteiger partial charge >= 0.3 is 6.09 Å². The Morgan fingerprint density at radius 1 is 1.80 bits per heavy atom. The average Bonchev–Trinajstić information content (AvgIpc) is 2.47. The zero-order valence-electron chi connectivity index (χ0n) is 5.62. The van der Waals surface area contributed by atoms with Crippen LogP contribution in [-0.2, 0) is 4.74 Å². The molecule has 0 saturated heterocycles. The molecule has 10 heavy (non-hydrogen) atoms. The maximum Gasteiger partial charge on any atom is 0.404 e. The van der Waals surface area contributed by atoms with Crippen LogP contribution in [0.25, 0.3) is 0 Å². The van der Waals surface area contributed by atoms with E-state index in [1.54, 1.807) is 0 Å². The first-order chi connectivity index (χ1) is 4.74. The van der Waals surface area contributed by atoms with Crippen LogP contribution in [0.5, 0.6) is 0 Å². The summed E-state index contributed by atoms with van der Waals surface area (Å²) in [7, 11) is 0. The lowest BCUT2D eigenvalue weighted by Gasteiger charge is -1.97. The number of rotatable bonds is 3. The van der Waals surface area contributed by atoms with Gasteiger partial charge in [0.2, 0.25) is 0 Å². The molecule has 0 bridgehead atoms. The molecule has 1 fully saturated rings. The Bertz CT molecular complexity index is 137. The number of ether oxygens (including phenoxy) is 1. The summed E-state index contributed by atoms with van der Waals surface area (Å²) < 4.78 is 4.65. The van der Waals surface area contributed by atoms with Gasteiger partial charge in [0.1, 0.15) is 6.10 Å². The minimum Gasteiger partial charge on any atom is -0.446 e. The SMILES string of the molecule is NC(=O)OC1CC1CCO. The predicted octanol–water partition coefficient (Wildman–Crippen LogP) is -0.147. The lowest BCUT2D eigenvalue weighted by atomic mass is 10.3. The summed E-state index contributed by atoms with van der Waals surface area (Å²) in [6.45, 7) is 0.156. The summed E-state index contributed by atoms with van der Waals surface area (Å²) in [4.78, 5) is 10.1. The fraction of sp³-hybridized carbons (Fsp3) is 0.833. The number of primary amides is 1. The number of aliphatic hydroxyl groups is 1. The van der Waals surface area contributed by atoms with E-state index >= 15 is 0 Å². The van der Waals surface area contributed by atoms with Gasteiger partial charge in [0.25, 0.3) is 0 Å². The van der Waals surface area contributed by atoms with Crippen LogP contribution in [0.3, 0.4) is 0 Å². The Hall–Kier alpha value is -0.770. The second-order valence-corrected chi connectivity index (χ2v) is 2.48. The molecular weight excluding hydrogens is 134 g/mol. The summed E-state index contributed by atoms with van der Waals surface area (Å²) in [6, 6.07) is 0. The van der Waals surface area contributed by atoms with Gasteiger partial charge in [-0.05, 0) is 12.8 Å². The molecule has 0 spiro atoms. The Kier molecular flexibility index (Phi) is 2.11. The van der Waals surface area contributed by atoms with Crippen molar-refractivity contribution in [1.29, 1.82) is 0 Å². The second kappa shape index (κ2) is 2.88. The first kappa shape index (κ1) is 7.34. The van der Waals surface area contributed by atoms with Crippen molar-refractivity contribution in [3.05, 3.63) is 0 Å². The minimum absolute atomic E-state index is 0.0235. The van der Waals surface area contributed by atoms with Crippen molar-refractivity contribution in [3.8, 4) is 0 Å². The van der Waals surface area contributed by atoms with E-state index in [1.165, 1.54) is 0 Å². The highest BCUT2D eigenvalue weighted by molar-refractivity contribution is 5.65. The van der Waals surface area contributed by atoms with Crippen LogP contribution >= 0.6 is 0 Å². The van der Waals surface area contributed by atoms with Gasteiger partial charge in [0, 0.05) is 12.5 Å². The van der Waals surface area contributed by atoms with E-state index in [0.717, 1.165) is 6.42 Å². The Morgan fingerprint density at radius 2 is 2.50 bits per heavy atom. The molecule has 3 N–H and O–H groups in total. The van der Waals surface area contributed by atoms with Gasteiger partial charge < -0.3 is 15.6 Å². The fourth-order valence-corrected chi connectivity index (χ4v) is 0.983. The number of carbonyl (C=O) groups excluding carboxylic acids is 1.